The van der Waals surface area contributed by atoms with E-state index in [1.54, 1.807) is 12.1 Å². The van der Waals surface area contributed by atoms with Gasteiger partial charge in [-0.2, -0.15) is 0 Å². The Labute approximate surface area is 123 Å². The maximum atomic E-state index is 13.5. The zero-order valence-electron chi connectivity index (χ0n) is 12.2. The zero-order valence-corrected chi connectivity index (χ0v) is 12.2. The number of anilines is 1. The average molecular weight is 287 g/mol. The predicted octanol–water partition coefficient (Wildman–Crippen LogP) is 3.85. The molecule has 0 aliphatic rings. The Morgan fingerprint density at radius 2 is 1.90 bits per heavy atom. The summed E-state index contributed by atoms with van der Waals surface area (Å²) in [5.74, 6) is 0.0187. The maximum absolute atomic E-state index is 13.5. The molecule has 0 aliphatic heterocycles. The van der Waals surface area contributed by atoms with Crippen LogP contribution in [0.25, 0.3) is 0 Å². The van der Waals surface area contributed by atoms with Crippen LogP contribution in [0.1, 0.15) is 17.5 Å². The fourth-order valence-corrected chi connectivity index (χ4v) is 1.91. The molecule has 2 rings (SSSR count). The second kappa shape index (κ2) is 6.88. The van der Waals surface area contributed by atoms with Crippen LogP contribution >= 0.6 is 0 Å². The number of amides is 1. The van der Waals surface area contributed by atoms with Crippen LogP contribution in [0.15, 0.2) is 42.5 Å². The number of benzene rings is 2. The van der Waals surface area contributed by atoms with E-state index in [4.69, 9.17) is 4.74 Å². The number of hydrogen-bond donors (Lipinski definition) is 1. The Hall–Kier alpha value is -2.36. The van der Waals surface area contributed by atoms with Gasteiger partial charge in [0, 0.05) is 0 Å². The van der Waals surface area contributed by atoms with E-state index in [2.05, 4.69) is 5.32 Å². The number of nitrogens with one attached hydrogen (secondary N) is 1. The Bertz CT molecular complexity index is 640. The van der Waals surface area contributed by atoms with Crippen molar-refractivity contribution >= 4 is 11.6 Å². The molecule has 0 unspecified atom stereocenters. The summed E-state index contributed by atoms with van der Waals surface area (Å²) >= 11 is 0. The molecule has 110 valence electrons. The molecule has 0 heterocycles. The van der Waals surface area contributed by atoms with Gasteiger partial charge in [-0.3, -0.25) is 4.79 Å². The fraction of sp³-hybridized carbons (Fsp3) is 0.235. The summed E-state index contributed by atoms with van der Waals surface area (Å²) in [4.78, 5) is 11.8. The number of hydrogen-bond acceptors (Lipinski definition) is 2. The van der Waals surface area contributed by atoms with Gasteiger partial charge in [0.15, 0.2) is 0 Å². The van der Waals surface area contributed by atoms with Crippen LogP contribution in [0.2, 0.25) is 0 Å². The lowest BCUT2D eigenvalue weighted by Crippen LogP contribution is -2.16. The molecule has 4 heteroatoms. The van der Waals surface area contributed by atoms with Gasteiger partial charge in [0.05, 0.1) is 18.7 Å². The van der Waals surface area contributed by atoms with Gasteiger partial charge in [-0.25, -0.2) is 4.39 Å². The first-order chi connectivity index (χ1) is 10.0. The molecular formula is C17H18FNO2. The number of aryl methyl sites for hydroxylation is 2. The number of carbonyl (C=O) groups excluding carboxylic acids is 1. The Morgan fingerprint density at radius 1 is 1.14 bits per heavy atom. The van der Waals surface area contributed by atoms with Gasteiger partial charge in [-0.15, -0.1) is 0 Å². The van der Waals surface area contributed by atoms with Crippen LogP contribution < -0.4 is 10.1 Å². The first-order valence-electron chi connectivity index (χ1n) is 6.80. The molecule has 0 bridgehead atoms. The quantitative estimate of drug-likeness (QED) is 0.907. The fourth-order valence-electron chi connectivity index (χ4n) is 1.91. The first kappa shape index (κ1) is 15.0. The van der Waals surface area contributed by atoms with E-state index >= 15 is 0 Å². The van der Waals surface area contributed by atoms with Crippen LogP contribution in [0, 0.1) is 19.7 Å². The minimum absolute atomic E-state index is 0.168. The van der Waals surface area contributed by atoms with Gasteiger partial charge in [-0.05, 0) is 49.2 Å². The van der Waals surface area contributed by atoms with E-state index in [0.29, 0.717) is 0 Å². The Kier molecular flexibility index (Phi) is 4.93. The minimum atomic E-state index is -0.437. The molecule has 0 spiro atoms. The Morgan fingerprint density at radius 3 is 2.67 bits per heavy atom. The van der Waals surface area contributed by atoms with Crippen LogP contribution in [0.4, 0.5) is 10.1 Å². The molecule has 21 heavy (non-hydrogen) atoms. The van der Waals surface area contributed by atoms with Gasteiger partial charge in [0.25, 0.3) is 0 Å². The van der Waals surface area contributed by atoms with Crippen molar-refractivity contribution in [1.82, 2.24) is 0 Å². The van der Waals surface area contributed by atoms with Gasteiger partial charge in [0.2, 0.25) is 5.91 Å². The minimum Gasteiger partial charge on any atom is -0.493 e. The summed E-state index contributed by atoms with van der Waals surface area (Å²) in [6.45, 7) is 4.07. The third kappa shape index (κ3) is 4.60. The van der Waals surface area contributed by atoms with Gasteiger partial charge in [0.1, 0.15) is 11.6 Å². The number of ether oxygens (including phenoxy) is 1. The summed E-state index contributed by atoms with van der Waals surface area (Å²) in [7, 11) is 0. The lowest BCUT2D eigenvalue weighted by molar-refractivity contribution is -0.116. The topological polar surface area (TPSA) is 38.3 Å². The SMILES string of the molecule is Cc1cccc(OCCC(=O)Nc2cc(C)ccc2F)c1. The summed E-state index contributed by atoms with van der Waals surface area (Å²) in [5, 5.41) is 2.55. The lowest BCUT2D eigenvalue weighted by Gasteiger charge is -2.09. The number of rotatable bonds is 5. The molecule has 0 aliphatic carbocycles. The lowest BCUT2D eigenvalue weighted by atomic mass is 10.2. The standard InChI is InChI=1S/C17H18FNO2/c1-12-4-3-5-14(10-12)21-9-8-17(20)19-16-11-13(2)6-7-15(16)18/h3-7,10-11H,8-9H2,1-2H3,(H,19,20). The second-order valence-electron chi connectivity index (χ2n) is 4.95. The van der Waals surface area contributed by atoms with Crippen molar-refractivity contribution in [2.45, 2.75) is 20.3 Å². The highest BCUT2D eigenvalue weighted by molar-refractivity contribution is 5.91. The second-order valence-corrected chi connectivity index (χ2v) is 4.95. The molecule has 1 amide bonds. The highest BCUT2D eigenvalue weighted by atomic mass is 19.1. The molecule has 0 radical (unpaired) electrons. The van der Waals surface area contributed by atoms with Crippen molar-refractivity contribution in [2.24, 2.45) is 0 Å². The van der Waals surface area contributed by atoms with E-state index in [-0.39, 0.29) is 24.6 Å². The maximum Gasteiger partial charge on any atom is 0.227 e. The third-order valence-electron chi connectivity index (χ3n) is 2.98. The number of halogens is 1. The molecule has 0 saturated heterocycles. The van der Waals surface area contributed by atoms with E-state index in [1.807, 2.05) is 38.1 Å². The van der Waals surface area contributed by atoms with E-state index in [1.165, 1.54) is 6.07 Å². The molecule has 0 aromatic heterocycles. The Balaban J connectivity index is 1.84. The molecule has 1 N–H and O–H groups in total. The monoisotopic (exact) mass is 287 g/mol. The predicted molar refractivity (Wildman–Crippen MR) is 81.1 cm³/mol. The summed E-state index contributed by atoms with van der Waals surface area (Å²) in [6.07, 6.45) is 0.168. The average Bonchev–Trinajstić information content (AvgIpc) is 2.43. The number of carbonyl (C=O) groups is 1. The molecule has 0 fully saturated rings. The van der Waals surface area contributed by atoms with Crippen LogP contribution in [-0.4, -0.2) is 12.5 Å². The molecule has 0 saturated carbocycles. The summed E-state index contributed by atoms with van der Waals surface area (Å²) < 4.78 is 19.0. The zero-order chi connectivity index (χ0) is 15.2. The third-order valence-corrected chi connectivity index (χ3v) is 2.98. The van der Waals surface area contributed by atoms with Gasteiger partial charge >= 0.3 is 0 Å². The molecule has 2 aromatic rings. The molecular weight excluding hydrogens is 269 g/mol. The van der Waals surface area contributed by atoms with E-state index in [9.17, 15) is 9.18 Å². The van der Waals surface area contributed by atoms with Gasteiger partial charge in [-0.1, -0.05) is 18.2 Å². The van der Waals surface area contributed by atoms with Crippen molar-refractivity contribution in [1.29, 1.82) is 0 Å². The van der Waals surface area contributed by atoms with Crippen LogP contribution in [0.3, 0.4) is 0 Å². The first-order valence-corrected chi connectivity index (χ1v) is 6.80. The van der Waals surface area contributed by atoms with Crippen molar-refractivity contribution in [3.8, 4) is 5.75 Å². The van der Waals surface area contributed by atoms with Crippen LogP contribution in [-0.2, 0) is 4.79 Å². The van der Waals surface area contributed by atoms with Crippen molar-refractivity contribution in [3.63, 3.8) is 0 Å². The normalized spacial score (nSPS) is 10.2. The summed E-state index contributed by atoms with van der Waals surface area (Å²) in [5.41, 5.74) is 2.19. The molecule has 3 nitrogen and oxygen atoms in total. The van der Waals surface area contributed by atoms with Crippen molar-refractivity contribution in [2.75, 3.05) is 11.9 Å². The smallest absolute Gasteiger partial charge is 0.227 e. The summed E-state index contributed by atoms with van der Waals surface area (Å²) in [6, 6.07) is 12.2. The van der Waals surface area contributed by atoms with E-state index < -0.39 is 5.82 Å². The highest BCUT2D eigenvalue weighted by Crippen LogP contribution is 2.16. The van der Waals surface area contributed by atoms with Crippen LogP contribution in [0.5, 0.6) is 5.75 Å². The molecule has 0 atom stereocenters. The van der Waals surface area contributed by atoms with Crippen molar-refractivity contribution < 1.29 is 13.9 Å². The largest absolute Gasteiger partial charge is 0.493 e. The van der Waals surface area contributed by atoms with Gasteiger partial charge < -0.3 is 10.1 Å². The molecule has 2 aromatic carbocycles. The van der Waals surface area contributed by atoms with E-state index in [0.717, 1.165) is 16.9 Å². The van der Waals surface area contributed by atoms with Crippen molar-refractivity contribution in [3.05, 3.63) is 59.4 Å². The highest BCUT2D eigenvalue weighted by Gasteiger charge is 2.07.